The molecule has 2 aliphatic rings. The second kappa shape index (κ2) is 13.7. The third-order valence-corrected chi connectivity index (χ3v) is 9.42. The number of hydrogen-bond donors (Lipinski definition) is 3. The highest BCUT2D eigenvalue weighted by Crippen LogP contribution is 2.28. The van der Waals surface area contributed by atoms with Gasteiger partial charge in [0.25, 0.3) is 0 Å². The van der Waals surface area contributed by atoms with E-state index in [2.05, 4.69) is 24.1 Å². The van der Waals surface area contributed by atoms with E-state index < -0.39 is 26.8 Å². The molecule has 1 aliphatic carbocycles. The van der Waals surface area contributed by atoms with Gasteiger partial charge < -0.3 is 14.7 Å². The third-order valence-electron chi connectivity index (χ3n) is 6.20. The van der Waals surface area contributed by atoms with Crippen molar-refractivity contribution in [1.29, 1.82) is 0 Å². The van der Waals surface area contributed by atoms with Crippen LogP contribution in [0.5, 0.6) is 5.75 Å². The van der Waals surface area contributed by atoms with Crippen molar-refractivity contribution in [2.75, 3.05) is 66.3 Å². The molecule has 1 atom stereocenters. The molecule has 14 heteroatoms. The van der Waals surface area contributed by atoms with Crippen LogP contribution in [-0.4, -0.2) is 98.0 Å². The number of ether oxygens (including phenoxy) is 1. The molecule has 1 unspecified atom stereocenters. The maximum atomic E-state index is 12.7. The molecule has 1 aromatic rings. The van der Waals surface area contributed by atoms with Gasteiger partial charge in [0.15, 0.2) is 6.79 Å². The third kappa shape index (κ3) is 8.75. The van der Waals surface area contributed by atoms with Gasteiger partial charge >= 0.3 is 0 Å². The van der Waals surface area contributed by atoms with E-state index in [1.165, 1.54) is 31.4 Å². The van der Waals surface area contributed by atoms with Crippen LogP contribution in [0.1, 0.15) is 13.3 Å². The van der Waals surface area contributed by atoms with Gasteiger partial charge in [0.2, 0.25) is 20.0 Å². The van der Waals surface area contributed by atoms with Gasteiger partial charge in [-0.15, -0.1) is 0 Å². The Labute approximate surface area is 218 Å². The molecule has 0 aromatic heterocycles. The molecule has 3 N–H and O–H groups in total. The zero-order valence-corrected chi connectivity index (χ0v) is 22.8. The van der Waals surface area contributed by atoms with E-state index in [0.29, 0.717) is 42.5 Å². The van der Waals surface area contributed by atoms with Crippen LogP contribution in [-0.2, 0) is 29.8 Å². The minimum absolute atomic E-state index is 0.128. The molecule has 1 aromatic carbocycles. The molecule has 3 rings (SSSR count). The Hall–Kier alpha value is -2.04. The maximum absolute atomic E-state index is 12.7. The van der Waals surface area contributed by atoms with Crippen molar-refractivity contribution in [3.63, 3.8) is 0 Å². The first kappa shape index (κ1) is 29.5. The van der Waals surface area contributed by atoms with Gasteiger partial charge in [0, 0.05) is 64.7 Å². The molecule has 208 valence electrons. The fraction of sp³-hybridized carbons (Fsp3) is 0.565. The number of piperazine rings is 1. The van der Waals surface area contributed by atoms with Crippen LogP contribution in [0.2, 0.25) is 0 Å². The number of aliphatic hydroxyl groups excluding tert-OH is 1. The van der Waals surface area contributed by atoms with Crippen molar-refractivity contribution in [2.45, 2.75) is 18.2 Å². The molecule has 0 amide bonds. The highest BCUT2D eigenvalue weighted by Gasteiger charge is 2.27. The summed E-state index contributed by atoms with van der Waals surface area (Å²) in [6, 6.07) is 5.83. The van der Waals surface area contributed by atoms with Crippen molar-refractivity contribution >= 4 is 20.0 Å². The smallest absolute Gasteiger partial charge is 0.240 e. The monoisotopic (exact) mass is 560 g/mol. The summed E-state index contributed by atoms with van der Waals surface area (Å²) in [5.41, 5.74) is 0. The van der Waals surface area contributed by atoms with Crippen molar-refractivity contribution in [1.82, 2.24) is 19.2 Å². The van der Waals surface area contributed by atoms with Crippen LogP contribution in [0.4, 0.5) is 0 Å². The quantitative estimate of drug-likeness (QED) is 0.164. The summed E-state index contributed by atoms with van der Waals surface area (Å²) >= 11 is 0. The first-order valence-electron chi connectivity index (χ1n) is 12.0. The number of benzene rings is 1. The van der Waals surface area contributed by atoms with Crippen LogP contribution in [0.3, 0.4) is 0 Å². The SMILES string of the molecule is COOC1=CC=C(S(=O)(=O)NCCN2CCN(CCNS(=O)(=O)c3ccc(OCO)cc3)CC2)C(C)C1. The molecule has 0 bridgehead atoms. The molecule has 37 heavy (non-hydrogen) atoms. The standard InChI is InChI=1S/C23H36N4O8S2/c1-19-17-21(35-33-2)5-8-23(19)37(31,32)25-10-12-27-15-13-26(14-16-27)11-9-24-36(29,30)22-6-3-20(4-7-22)34-18-28/h3-8,19,24-25,28H,9-18H2,1-2H3. The summed E-state index contributed by atoms with van der Waals surface area (Å²) in [5.74, 6) is 0.757. The van der Waals surface area contributed by atoms with Crippen LogP contribution in [0.15, 0.2) is 52.0 Å². The van der Waals surface area contributed by atoms with E-state index in [1.54, 1.807) is 12.2 Å². The zero-order valence-electron chi connectivity index (χ0n) is 21.1. The van der Waals surface area contributed by atoms with E-state index >= 15 is 0 Å². The van der Waals surface area contributed by atoms with Crippen molar-refractivity contribution in [3.05, 3.63) is 47.1 Å². The number of nitrogens with one attached hydrogen (secondary N) is 2. The van der Waals surface area contributed by atoms with Gasteiger partial charge in [-0.1, -0.05) is 6.92 Å². The second-order valence-electron chi connectivity index (χ2n) is 8.78. The number of sulfonamides is 2. The average Bonchev–Trinajstić information content (AvgIpc) is 2.85. The number of rotatable bonds is 14. The lowest BCUT2D eigenvalue weighted by Crippen LogP contribution is -2.50. The molecule has 0 saturated carbocycles. The van der Waals surface area contributed by atoms with E-state index in [9.17, 15) is 16.8 Å². The number of hydrogen-bond acceptors (Lipinski definition) is 10. The highest BCUT2D eigenvalue weighted by atomic mass is 32.2. The van der Waals surface area contributed by atoms with Crippen molar-refractivity contribution in [3.8, 4) is 5.75 Å². The lowest BCUT2D eigenvalue weighted by molar-refractivity contribution is -0.240. The van der Waals surface area contributed by atoms with Gasteiger partial charge in [-0.25, -0.2) is 26.3 Å². The highest BCUT2D eigenvalue weighted by molar-refractivity contribution is 7.93. The minimum Gasteiger partial charge on any atom is -0.468 e. The lowest BCUT2D eigenvalue weighted by Gasteiger charge is -2.34. The van der Waals surface area contributed by atoms with E-state index in [0.717, 1.165) is 26.2 Å². The van der Waals surface area contributed by atoms with Crippen LogP contribution in [0, 0.1) is 5.92 Å². The van der Waals surface area contributed by atoms with Gasteiger partial charge in [0.1, 0.15) is 11.5 Å². The Bertz CT molecular complexity index is 1150. The lowest BCUT2D eigenvalue weighted by atomic mass is 10.0. The number of allylic oxidation sites excluding steroid dienone is 4. The summed E-state index contributed by atoms with van der Waals surface area (Å²) in [6.45, 7) is 6.14. The minimum atomic E-state index is -3.64. The van der Waals surface area contributed by atoms with E-state index in [4.69, 9.17) is 14.7 Å². The predicted octanol–water partition coefficient (Wildman–Crippen LogP) is 0.216. The fourth-order valence-corrected chi connectivity index (χ4v) is 6.61. The van der Waals surface area contributed by atoms with Crippen LogP contribution < -0.4 is 14.2 Å². The van der Waals surface area contributed by atoms with Crippen molar-refractivity contribution < 1.29 is 36.5 Å². The summed E-state index contributed by atoms with van der Waals surface area (Å²) < 4.78 is 60.6. The van der Waals surface area contributed by atoms with Crippen LogP contribution in [0.25, 0.3) is 0 Å². The number of nitrogens with zero attached hydrogens (tertiary/aromatic N) is 2. The first-order valence-corrected chi connectivity index (χ1v) is 15.0. The molecule has 0 spiro atoms. The molecule has 12 nitrogen and oxygen atoms in total. The van der Waals surface area contributed by atoms with E-state index in [-0.39, 0.29) is 17.4 Å². The topological polar surface area (TPSA) is 147 Å². The second-order valence-corrected chi connectivity index (χ2v) is 12.3. The molecule has 1 fully saturated rings. The fourth-order valence-electron chi connectivity index (χ4n) is 4.20. The van der Waals surface area contributed by atoms with Crippen molar-refractivity contribution in [2.24, 2.45) is 5.92 Å². The molecular formula is C23H36N4O8S2. The van der Waals surface area contributed by atoms with Crippen LogP contribution >= 0.6 is 0 Å². The van der Waals surface area contributed by atoms with E-state index in [1.807, 2.05) is 6.92 Å². The molecule has 1 saturated heterocycles. The van der Waals surface area contributed by atoms with Gasteiger partial charge in [0.05, 0.1) is 16.9 Å². The number of aliphatic hydroxyl groups is 1. The largest absolute Gasteiger partial charge is 0.468 e. The molecule has 1 heterocycles. The van der Waals surface area contributed by atoms with Gasteiger partial charge in [-0.05, 0) is 36.4 Å². The normalized spacial score (nSPS) is 19.8. The van der Waals surface area contributed by atoms with Gasteiger partial charge in [-0.3, -0.25) is 9.80 Å². The Morgan fingerprint density at radius 1 is 0.919 bits per heavy atom. The van der Waals surface area contributed by atoms with Gasteiger partial charge in [-0.2, -0.15) is 4.89 Å². The zero-order chi connectivity index (χ0) is 26.9. The summed E-state index contributed by atoms with van der Waals surface area (Å²) in [6.07, 6.45) is 3.62. The molecule has 0 radical (unpaired) electrons. The Morgan fingerprint density at radius 2 is 1.49 bits per heavy atom. The Balaban J connectivity index is 1.36. The Kier molecular flexibility index (Phi) is 10.9. The summed E-state index contributed by atoms with van der Waals surface area (Å²) in [7, 11) is -5.82. The average molecular weight is 561 g/mol. The summed E-state index contributed by atoms with van der Waals surface area (Å²) in [5, 5.41) is 8.76. The first-order chi connectivity index (χ1) is 17.6. The molecular weight excluding hydrogens is 524 g/mol. The molecule has 1 aliphatic heterocycles. The predicted molar refractivity (Wildman–Crippen MR) is 137 cm³/mol. The maximum Gasteiger partial charge on any atom is 0.240 e. The Morgan fingerprint density at radius 3 is 2.00 bits per heavy atom. The summed E-state index contributed by atoms with van der Waals surface area (Å²) in [4.78, 5) is 14.5.